The third-order valence-corrected chi connectivity index (χ3v) is 10.7. The molecule has 1 saturated heterocycles. The smallest absolute Gasteiger partial charge is 0.122 e. The molecule has 8 atom stereocenters. The molecule has 164 valence electrons. The first kappa shape index (κ1) is 20.4. The van der Waals surface area contributed by atoms with E-state index in [2.05, 4.69) is 34.6 Å². The van der Waals surface area contributed by atoms with Crippen LogP contribution in [0.2, 0.25) is 0 Å². The van der Waals surface area contributed by atoms with E-state index in [1.165, 1.54) is 69.1 Å². The number of hydrogen-bond acceptors (Lipinski definition) is 2. The summed E-state index contributed by atoms with van der Waals surface area (Å²) in [6.45, 7) is 12.4. The molecule has 6 aliphatic rings. The van der Waals surface area contributed by atoms with Gasteiger partial charge >= 0.3 is 0 Å². The maximum Gasteiger partial charge on any atom is 0.122 e. The first-order valence-electron chi connectivity index (χ1n) is 12.8. The Morgan fingerprint density at radius 2 is 1.76 bits per heavy atom. The van der Waals surface area contributed by atoms with E-state index in [0.717, 1.165) is 36.5 Å². The fourth-order valence-corrected chi connectivity index (χ4v) is 9.24. The molecule has 2 heteroatoms. The van der Waals surface area contributed by atoms with Gasteiger partial charge in [-0.05, 0) is 79.1 Å². The van der Waals surface area contributed by atoms with Crippen molar-refractivity contribution in [1.82, 2.24) is 0 Å². The lowest BCUT2D eigenvalue weighted by Gasteiger charge is -2.69. The van der Waals surface area contributed by atoms with Crippen LogP contribution >= 0.6 is 0 Å². The number of ether oxygens (including phenoxy) is 1. The van der Waals surface area contributed by atoms with Crippen molar-refractivity contribution in [1.29, 1.82) is 0 Å². The largest absolute Gasteiger partial charge is 0.490 e. The summed E-state index contributed by atoms with van der Waals surface area (Å²) in [6.07, 6.45) is 13.8. The Kier molecular flexibility index (Phi) is 4.75. The van der Waals surface area contributed by atoms with Gasteiger partial charge in [-0.1, -0.05) is 53.9 Å². The zero-order valence-corrected chi connectivity index (χ0v) is 19.6. The highest BCUT2D eigenvalue weighted by Gasteiger charge is 2.72. The van der Waals surface area contributed by atoms with Gasteiger partial charge in [0.2, 0.25) is 0 Å². The van der Waals surface area contributed by atoms with Crippen LogP contribution in [0.1, 0.15) is 105 Å². The van der Waals surface area contributed by atoms with Crippen LogP contribution in [-0.2, 0) is 4.74 Å². The standard InChI is InChI=1S/C27H44O2/c1-17(2)7-6-8-18(3)20-9-10-23-25(20,4)14-12-24-26(5)13-11-19(28)15-21(26)22-16-27(23,24)29-22/h17-20,23-24,28H,6-16H2,1-5H3/t18-,19+,20-,23-,24-,25-,26+,27-/m1/s1. The molecule has 0 aromatic rings. The molecule has 0 unspecified atom stereocenters. The van der Waals surface area contributed by atoms with E-state index in [9.17, 15) is 5.11 Å². The van der Waals surface area contributed by atoms with E-state index in [1.807, 2.05) is 0 Å². The predicted molar refractivity (Wildman–Crippen MR) is 118 cm³/mol. The second kappa shape index (κ2) is 6.75. The van der Waals surface area contributed by atoms with Crippen LogP contribution in [0.15, 0.2) is 11.3 Å². The molecule has 29 heavy (non-hydrogen) atoms. The summed E-state index contributed by atoms with van der Waals surface area (Å²) >= 11 is 0. The van der Waals surface area contributed by atoms with Crippen molar-refractivity contribution in [3.8, 4) is 0 Å². The molecular weight excluding hydrogens is 356 g/mol. The molecule has 3 saturated carbocycles. The number of rotatable bonds is 5. The second-order valence-electron chi connectivity index (χ2n) is 12.6. The zero-order valence-electron chi connectivity index (χ0n) is 19.6. The molecule has 1 spiro atoms. The third-order valence-electron chi connectivity index (χ3n) is 10.7. The summed E-state index contributed by atoms with van der Waals surface area (Å²) < 4.78 is 6.84. The van der Waals surface area contributed by atoms with E-state index >= 15 is 0 Å². The fourth-order valence-electron chi connectivity index (χ4n) is 9.24. The molecule has 4 fully saturated rings. The maximum atomic E-state index is 10.3. The van der Waals surface area contributed by atoms with Crippen LogP contribution in [0.3, 0.4) is 0 Å². The molecule has 2 aliphatic heterocycles. The predicted octanol–water partition coefficient (Wildman–Crippen LogP) is 6.87. The topological polar surface area (TPSA) is 29.5 Å². The summed E-state index contributed by atoms with van der Waals surface area (Å²) in [6, 6.07) is 0. The molecule has 2 nitrogen and oxygen atoms in total. The van der Waals surface area contributed by atoms with Gasteiger partial charge in [-0.3, -0.25) is 0 Å². The normalized spacial score (nSPS) is 49.1. The van der Waals surface area contributed by atoms with E-state index in [1.54, 1.807) is 0 Å². The van der Waals surface area contributed by atoms with Crippen molar-refractivity contribution in [2.75, 3.05) is 0 Å². The molecule has 0 aromatic carbocycles. The summed E-state index contributed by atoms with van der Waals surface area (Å²) in [5, 5.41) is 10.3. The van der Waals surface area contributed by atoms with Gasteiger partial charge in [0.05, 0.1) is 6.10 Å². The van der Waals surface area contributed by atoms with Crippen LogP contribution in [-0.4, -0.2) is 16.8 Å². The van der Waals surface area contributed by atoms with Gasteiger partial charge in [0, 0.05) is 18.3 Å². The fraction of sp³-hybridized carbons (Fsp3) is 0.926. The van der Waals surface area contributed by atoms with Crippen molar-refractivity contribution < 1.29 is 9.84 Å². The molecule has 1 N–H and O–H groups in total. The average Bonchev–Trinajstić information content (AvgIpc) is 2.98. The van der Waals surface area contributed by atoms with Gasteiger partial charge in [-0.15, -0.1) is 0 Å². The maximum absolute atomic E-state index is 10.3. The molecular formula is C27H44O2. The van der Waals surface area contributed by atoms with Crippen molar-refractivity contribution in [2.45, 2.75) is 117 Å². The van der Waals surface area contributed by atoms with Crippen molar-refractivity contribution in [3.63, 3.8) is 0 Å². The second-order valence-corrected chi connectivity index (χ2v) is 12.6. The first-order valence-corrected chi connectivity index (χ1v) is 12.8. The number of aliphatic hydroxyl groups excluding tert-OH is 1. The Bertz CT molecular complexity index is 685. The number of aliphatic hydroxyl groups is 1. The molecule has 0 amide bonds. The van der Waals surface area contributed by atoms with Gasteiger partial charge in [0.25, 0.3) is 0 Å². The molecule has 0 radical (unpaired) electrons. The molecule has 6 rings (SSSR count). The Morgan fingerprint density at radius 1 is 1.00 bits per heavy atom. The summed E-state index contributed by atoms with van der Waals surface area (Å²) in [4.78, 5) is 0. The minimum atomic E-state index is -0.140. The SMILES string of the molecule is CC(C)CCC[C@@H](C)[C@H]1CC[C@@H]2[C@]1(C)CC[C@H]1[C@@]23CC(=C2C[C@@H](O)CC[C@@]21C)O3. The highest BCUT2D eigenvalue weighted by atomic mass is 16.5. The minimum absolute atomic E-state index is 0.134. The van der Waals surface area contributed by atoms with Crippen LogP contribution in [0.25, 0.3) is 0 Å². The van der Waals surface area contributed by atoms with Crippen molar-refractivity contribution in [2.24, 2.45) is 40.4 Å². The molecule has 4 aliphatic carbocycles. The number of fused-ring (bicyclic) bond motifs is 1. The monoisotopic (exact) mass is 400 g/mol. The Morgan fingerprint density at radius 3 is 2.48 bits per heavy atom. The highest BCUT2D eigenvalue weighted by molar-refractivity contribution is 5.38. The molecule has 2 heterocycles. The zero-order chi connectivity index (χ0) is 20.6. The van der Waals surface area contributed by atoms with Gasteiger partial charge in [0.1, 0.15) is 11.4 Å². The quantitative estimate of drug-likeness (QED) is 0.545. The van der Waals surface area contributed by atoms with Gasteiger partial charge in [-0.2, -0.15) is 0 Å². The minimum Gasteiger partial charge on any atom is -0.490 e. The lowest BCUT2D eigenvalue weighted by atomic mass is 9.42. The summed E-state index contributed by atoms with van der Waals surface area (Å²) in [5.41, 5.74) is 2.41. The van der Waals surface area contributed by atoms with E-state index in [4.69, 9.17) is 4.74 Å². The van der Waals surface area contributed by atoms with E-state index < -0.39 is 0 Å². The number of hydrogen-bond donors (Lipinski definition) is 1. The lowest BCUT2D eigenvalue weighted by molar-refractivity contribution is -0.259. The van der Waals surface area contributed by atoms with Gasteiger partial charge < -0.3 is 9.84 Å². The van der Waals surface area contributed by atoms with E-state index in [0.29, 0.717) is 16.7 Å². The van der Waals surface area contributed by atoms with Crippen LogP contribution in [0, 0.1) is 40.4 Å². The Hall–Kier alpha value is -0.500. The van der Waals surface area contributed by atoms with E-state index in [-0.39, 0.29) is 11.7 Å². The molecule has 2 bridgehead atoms. The summed E-state index contributed by atoms with van der Waals surface area (Å²) in [7, 11) is 0. The van der Waals surface area contributed by atoms with Gasteiger partial charge in [0.15, 0.2) is 0 Å². The highest BCUT2D eigenvalue weighted by Crippen LogP contribution is 2.74. The Balaban J connectivity index is 1.38. The van der Waals surface area contributed by atoms with Crippen LogP contribution in [0.5, 0.6) is 0 Å². The first-order chi connectivity index (χ1) is 13.7. The Labute approximate surface area is 178 Å². The average molecular weight is 401 g/mol. The van der Waals surface area contributed by atoms with Crippen LogP contribution < -0.4 is 0 Å². The van der Waals surface area contributed by atoms with Crippen molar-refractivity contribution in [3.05, 3.63) is 11.3 Å². The third kappa shape index (κ3) is 2.76. The lowest BCUT2D eigenvalue weighted by Crippen LogP contribution is -2.68. The summed E-state index contributed by atoms with van der Waals surface area (Å²) in [5.74, 6) is 5.30. The molecule has 0 aromatic heterocycles. The van der Waals surface area contributed by atoms with Gasteiger partial charge in [-0.25, -0.2) is 0 Å². The van der Waals surface area contributed by atoms with Crippen LogP contribution in [0.4, 0.5) is 0 Å². The van der Waals surface area contributed by atoms with Crippen molar-refractivity contribution >= 4 is 0 Å².